The van der Waals surface area contributed by atoms with Crippen molar-refractivity contribution in [2.24, 2.45) is 0 Å². The number of alkyl carbamates (subject to hydrolysis) is 1. The zero-order valence-corrected chi connectivity index (χ0v) is 12.1. The Morgan fingerprint density at radius 2 is 1.83 bits per heavy atom. The second kappa shape index (κ2) is 7.55. The molecule has 18 heavy (non-hydrogen) atoms. The highest BCUT2D eigenvalue weighted by Crippen LogP contribution is 2.05. The lowest BCUT2D eigenvalue weighted by atomic mass is 10.2. The molecule has 0 aromatic heterocycles. The summed E-state index contributed by atoms with van der Waals surface area (Å²) in [6.45, 7) is 5.67. The monoisotopic (exact) mass is 282 g/mol. The summed E-state index contributed by atoms with van der Waals surface area (Å²) in [6.07, 6.45) is -0.571. The molecule has 0 rings (SSSR count). The zero-order valence-electron chi connectivity index (χ0n) is 11.3. The molecule has 0 aliphatic heterocycles. The Morgan fingerprint density at radius 3 is 2.33 bits per heavy atom. The average molecular weight is 282 g/mol. The highest BCUT2D eigenvalue weighted by Gasteiger charge is 2.15. The second-order valence-electron chi connectivity index (χ2n) is 4.63. The maximum atomic E-state index is 11.3. The molecule has 8 heteroatoms. The van der Waals surface area contributed by atoms with Crippen LogP contribution < -0.4 is 10.0 Å². The summed E-state index contributed by atoms with van der Waals surface area (Å²) in [7, 11) is -1.91. The maximum Gasteiger partial charge on any atom is 0.407 e. The minimum absolute atomic E-state index is 0.101. The summed E-state index contributed by atoms with van der Waals surface area (Å²) in [5, 5.41) is 2.45. The molecule has 0 unspecified atom stereocenters. The number of methoxy groups -OCH3 is 1. The summed E-state index contributed by atoms with van der Waals surface area (Å²) in [5.41, 5.74) is -0.567. The number of hydrogen-bond acceptors (Lipinski definition) is 5. The van der Waals surface area contributed by atoms with E-state index in [2.05, 4.69) is 14.8 Å². The van der Waals surface area contributed by atoms with Crippen molar-refractivity contribution in [2.75, 3.05) is 32.6 Å². The van der Waals surface area contributed by atoms with Gasteiger partial charge in [-0.1, -0.05) is 0 Å². The van der Waals surface area contributed by atoms with Crippen LogP contribution in [-0.2, 0) is 19.5 Å². The van der Waals surface area contributed by atoms with Gasteiger partial charge in [0.15, 0.2) is 0 Å². The Hall–Kier alpha value is -0.860. The number of amides is 1. The second-order valence-corrected chi connectivity index (χ2v) is 6.56. The highest BCUT2D eigenvalue weighted by atomic mass is 32.2. The SMILES string of the molecule is COCCS(=O)(=O)NCCNC(=O)OC(C)(C)C. The van der Waals surface area contributed by atoms with Crippen LogP contribution in [-0.4, -0.2) is 52.7 Å². The van der Waals surface area contributed by atoms with Crippen molar-refractivity contribution in [3.63, 3.8) is 0 Å². The maximum absolute atomic E-state index is 11.3. The van der Waals surface area contributed by atoms with Crippen molar-refractivity contribution in [1.29, 1.82) is 0 Å². The molecule has 0 aromatic carbocycles. The van der Waals surface area contributed by atoms with Crippen molar-refractivity contribution in [2.45, 2.75) is 26.4 Å². The number of carbonyl (C=O) groups is 1. The summed E-state index contributed by atoms with van der Waals surface area (Å²) < 4.78 is 34.6. The number of sulfonamides is 1. The first-order valence-electron chi connectivity index (χ1n) is 5.59. The molecule has 0 radical (unpaired) electrons. The van der Waals surface area contributed by atoms with Gasteiger partial charge in [-0.3, -0.25) is 0 Å². The quantitative estimate of drug-likeness (QED) is 0.645. The first-order valence-corrected chi connectivity index (χ1v) is 7.24. The number of carbonyl (C=O) groups excluding carboxylic acids is 1. The number of rotatable bonds is 7. The molecule has 0 fully saturated rings. The van der Waals surface area contributed by atoms with Crippen LogP contribution in [0.1, 0.15) is 20.8 Å². The van der Waals surface area contributed by atoms with Gasteiger partial charge < -0.3 is 14.8 Å². The van der Waals surface area contributed by atoms with Crippen molar-refractivity contribution in [1.82, 2.24) is 10.0 Å². The zero-order chi connectivity index (χ0) is 14.2. The van der Waals surface area contributed by atoms with Gasteiger partial charge in [-0.2, -0.15) is 0 Å². The predicted octanol–water partition coefficient (Wildman–Crippen LogP) is 0.0769. The Morgan fingerprint density at radius 1 is 1.22 bits per heavy atom. The Balaban J connectivity index is 3.77. The van der Waals surface area contributed by atoms with E-state index in [1.54, 1.807) is 20.8 Å². The molecule has 0 saturated heterocycles. The fraction of sp³-hybridized carbons (Fsp3) is 0.900. The predicted molar refractivity (Wildman–Crippen MR) is 67.9 cm³/mol. The number of hydrogen-bond donors (Lipinski definition) is 2. The third kappa shape index (κ3) is 10.3. The minimum Gasteiger partial charge on any atom is -0.444 e. The lowest BCUT2D eigenvalue weighted by Gasteiger charge is -2.19. The van der Waals surface area contributed by atoms with Crippen molar-refractivity contribution >= 4 is 16.1 Å². The standard InChI is InChI=1S/C10H22N2O5S/c1-10(2,3)17-9(13)11-5-6-12-18(14,15)8-7-16-4/h12H,5-8H2,1-4H3,(H,11,13). The van der Waals surface area contributed by atoms with E-state index in [1.807, 2.05) is 0 Å². The minimum atomic E-state index is -3.34. The molecule has 0 aliphatic carbocycles. The van der Waals surface area contributed by atoms with E-state index < -0.39 is 21.7 Å². The molecule has 0 bridgehead atoms. The third-order valence-corrected chi connectivity index (χ3v) is 3.02. The van der Waals surface area contributed by atoms with Gasteiger partial charge in [0.1, 0.15) is 5.60 Å². The van der Waals surface area contributed by atoms with Crippen molar-refractivity contribution in [3.8, 4) is 0 Å². The van der Waals surface area contributed by atoms with Crippen LogP contribution in [0.5, 0.6) is 0 Å². The first kappa shape index (κ1) is 17.1. The molecule has 2 N–H and O–H groups in total. The molecule has 0 aliphatic rings. The fourth-order valence-electron chi connectivity index (χ4n) is 0.950. The topological polar surface area (TPSA) is 93.7 Å². The van der Waals surface area contributed by atoms with Crippen LogP contribution in [0.15, 0.2) is 0 Å². The first-order chi connectivity index (χ1) is 8.16. The summed E-state index contributed by atoms with van der Waals surface area (Å²) in [4.78, 5) is 11.2. The number of ether oxygens (including phenoxy) is 2. The number of nitrogens with one attached hydrogen (secondary N) is 2. The molecule has 0 spiro atoms. The summed E-state index contributed by atoms with van der Waals surface area (Å²) >= 11 is 0. The average Bonchev–Trinajstić information content (AvgIpc) is 2.19. The Kier molecular flexibility index (Phi) is 7.19. The molecule has 108 valence electrons. The fourth-order valence-corrected chi connectivity index (χ4v) is 1.89. The highest BCUT2D eigenvalue weighted by molar-refractivity contribution is 7.89. The van der Waals surface area contributed by atoms with Crippen molar-refractivity contribution < 1.29 is 22.7 Å². The summed E-state index contributed by atoms with van der Waals surface area (Å²) in [6, 6.07) is 0. The van der Waals surface area contributed by atoms with Gasteiger partial charge in [0, 0.05) is 20.2 Å². The van der Waals surface area contributed by atoms with Gasteiger partial charge in [0.05, 0.1) is 12.4 Å². The van der Waals surface area contributed by atoms with Gasteiger partial charge in [-0.15, -0.1) is 0 Å². The molecule has 0 aromatic rings. The van der Waals surface area contributed by atoms with E-state index in [4.69, 9.17) is 4.74 Å². The van der Waals surface area contributed by atoms with E-state index in [0.29, 0.717) is 0 Å². The van der Waals surface area contributed by atoms with Crippen LogP contribution in [0.4, 0.5) is 4.79 Å². The van der Waals surface area contributed by atoms with E-state index in [-0.39, 0.29) is 25.4 Å². The molecular formula is C10H22N2O5S. The molecule has 0 saturated carbocycles. The molecule has 0 atom stereocenters. The van der Waals surface area contributed by atoms with Gasteiger partial charge in [0.2, 0.25) is 10.0 Å². The largest absolute Gasteiger partial charge is 0.444 e. The van der Waals surface area contributed by atoms with Crippen molar-refractivity contribution in [3.05, 3.63) is 0 Å². The molecule has 7 nitrogen and oxygen atoms in total. The van der Waals surface area contributed by atoms with Crippen LogP contribution >= 0.6 is 0 Å². The lowest BCUT2D eigenvalue weighted by Crippen LogP contribution is -2.38. The molecular weight excluding hydrogens is 260 g/mol. The van der Waals surface area contributed by atoms with Gasteiger partial charge in [-0.05, 0) is 20.8 Å². The van der Waals surface area contributed by atoms with E-state index in [1.165, 1.54) is 7.11 Å². The van der Waals surface area contributed by atoms with Crippen LogP contribution in [0.25, 0.3) is 0 Å². The van der Waals surface area contributed by atoms with Crippen LogP contribution in [0.3, 0.4) is 0 Å². The van der Waals surface area contributed by atoms with Gasteiger partial charge in [0.25, 0.3) is 0 Å². The van der Waals surface area contributed by atoms with E-state index in [9.17, 15) is 13.2 Å². The smallest absolute Gasteiger partial charge is 0.407 e. The molecule has 1 amide bonds. The normalized spacial score (nSPS) is 12.2. The van der Waals surface area contributed by atoms with Gasteiger partial charge in [-0.25, -0.2) is 17.9 Å². The van der Waals surface area contributed by atoms with Crippen LogP contribution in [0.2, 0.25) is 0 Å². The van der Waals surface area contributed by atoms with E-state index >= 15 is 0 Å². The van der Waals surface area contributed by atoms with Crippen LogP contribution in [0, 0.1) is 0 Å². The Labute approximate surface area is 108 Å². The lowest BCUT2D eigenvalue weighted by molar-refractivity contribution is 0.0529. The van der Waals surface area contributed by atoms with Gasteiger partial charge >= 0.3 is 6.09 Å². The van der Waals surface area contributed by atoms with E-state index in [0.717, 1.165) is 0 Å². The Bertz CT molecular complexity index is 348. The summed E-state index contributed by atoms with van der Waals surface area (Å²) in [5.74, 6) is -0.101. The molecule has 0 heterocycles. The third-order valence-electron chi connectivity index (χ3n) is 1.67.